The van der Waals surface area contributed by atoms with Crippen molar-refractivity contribution in [2.24, 2.45) is 5.92 Å². The maximum Gasteiger partial charge on any atom is 0.260 e. The molecule has 0 amide bonds. The number of nitrogens with zero attached hydrogens (tertiary/aromatic N) is 2. The predicted molar refractivity (Wildman–Crippen MR) is 75.8 cm³/mol. The first-order chi connectivity index (χ1) is 9.45. The number of ether oxygens (including phenoxy) is 1. The largest absolute Gasteiger partial charge is 0.384 e. The number of nitrogens with one attached hydrogen (secondary N) is 1. The van der Waals surface area contributed by atoms with Crippen molar-refractivity contribution in [3.05, 3.63) is 24.4 Å². The van der Waals surface area contributed by atoms with Gasteiger partial charge in [-0.2, -0.15) is 0 Å². The summed E-state index contributed by atoms with van der Waals surface area (Å²) in [6.45, 7) is 2.64. The molecule has 0 spiro atoms. The molecule has 1 atom stereocenters. The second kappa shape index (κ2) is 5.78. The molecule has 0 fully saturated rings. The lowest BCUT2D eigenvalue weighted by Gasteiger charge is -2.12. The zero-order chi connectivity index (χ0) is 14.8. The molecule has 2 aromatic heterocycles. The lowest BCUT2D eigenvalue weighted by molar-refractivity contribution is 0.161. The summed E-state index contributed by atoms with van der Waals surface area (Å²) < 4.78 is 33.7. The van der Waals surface area contributed by atoms with Crippen LogP contribution < -0.4 is 10.5 Å². The third kappa shape index (κ3) is 2.92. The average Bonchev–Trinajstić information content (AvgIpc) is 2.73. The van der Waals surface area contributed by atoms with E-state index in [9.17, 15) is 8.42 Å². The van der Waals surface area contributed by atoms with Crippen molar-refractivity contribution in [3.8, 4) is 0 Å². The zero-order valence-corrected chi connectivity index (χ0v) is 12.2. The number of nitrogens with two attached hydrogens (primary N) is 1. The first kappa shape index (κ1) is 14.8. The van der Waals surface area contributed by atoms with Gasteiger partial charge in [0.2, 0.25) is 0 Å². The Morgan fingerprint density at radius 1 is 1.50 bits per heavy atom. The van der Waals surface area contributed by atoms with Crippen LogP contribution in [-0.2, 0) is 14.8 Å². The third-order valence-corrected chi connectivity index (χ3v) is 4.30. The van der Waals surface area contributed by atoms with Gasteiger partial charge in [-0.05, 0) is 18.1 Å². The van der Waals surface area contributed by atoms with Gasteiger partial charge < -0.3 is 10.5 Å². The molecule has 2 heterocycles. The van der Waals surface area contributed by atoms with E-state index in [0.29, 0.717) is 12.3 Å². The standard InChI is InChI=1S/C12H18N4O3S/c1-9(8-19-2)7-14-20(17,18)12-11(13)15-10-5-3-4-6-16(10)12/h3-6,9,14H,7-8,13H2,1-2H3. The average molecular weight is 298 g/mol. The normalized spacial score (nSPS) is 13.7. The fraction of sp³-hybridized carbons (Fsp3) is 0.417. The minimum atomic E-state index is -3.72. The van der Waals surface area contributed by atoms with Gasteiger partial charge in [-0.25, -0.2) is 18.1 Å². The smallest absolute Gasteiger partial charge is 0.260 e. The van der Waals surface area contributed by atoms with Crippen LogP contribution in [0.2, 0.25) is 0 Å². The van der Waals surface area contributed by atoms with Crippen molar-refractivity contribution < 1.29 is 13.2 Å². The van der Waals surface area contributed by atoms with Crippen molar-refractivity contribution in [2.45, 2.75) is 11.9 Å². The van der Waals surface area contributed by atoms with Crippen LogP contribution in [0.5, 0.6) is 0 Å². The number of fused-ring (bicyclic) bond motifs is 1. The van der Waals surface area contributed by atoms with E-state index in [1.165, 1.54) is 4.40 Å². The van der Waals surface area contributed by atoms with E-state index in [2.05, 4.69) is 9.71 Å². The number of anilines is 1. The highest BCUT2D eigenvalue weighted by Crippen LogP contribution is 2.19. The summed E-state index contributed by atoms with van der Waals surface area (Å²) in [5, 5.41) is -0.0299. The molecule has 20 heavy (non-hydrogen) atoms. The first-order valence-electron chi connectivity index (χ1n) is 6.17. The topological polar surface area (TPSA) is 98.7 Å². The van der Waals surface area contributed by atoms with Crippen molar-refractivity contribution in [1.29, 1.82) is 0 Å². The van der Waals surface area contributed by atoms with Gasteiger partial charge in [0.25, 0.3) is 10.0 Å². The summed E-state index contributed by atoms with van der Waals surface area (Å²) in [5.74, 6) is 0.0540. The quantitative estimate of drug-likeness (QED) is 0.808. The van der Waals surface area contributed by atoms with E-state index in [-0.39, 0.29) is 23.3 Å². The summed E-state index contributed by atoms with van der Waals surface area (Å²) in [7, 11) is -2.14. The maximum atomic E-state index is 12.3. The molecular weight excluding hydrogens is 280 g/mol. The summed E-state index contributed by atoms with van der Waals surface area (Å²) in [6, 6.07) is 5.19. The van der Waals surface area contributed by atoms with Gasteiger partial charge in [0.1, 0.15) is 5.65 Å². The highest BCUT2D eigenvalue weighted by atomic mass is 32.2. The van der Waals surface area contributed by atoms with Gasteiger partial charge in [0.15, 0.2) is 10.8 Å². The minimum absolute atomic E-state index is 0.0110. The minimum Gasteiger partial charge on any atom is -0.384 e. The predicted octanol–water partition coefficient (Wildman–Crippen LogP) is 0.477. The molecule has 0 radical (unpaired) electrons. The van der Waals surface area contributed by atoms with Crippen LogP contribution in [0.3, 0.4) is 0 Å². The lowest BCUT2D eigenvalue weighted by Crippen LogP contribution is -2.31. The van der Waals surface area contributed by atoms with E-state index >= 15 is 0 Å². The Hall–Kier alpha value is -1.64. The van der Waals surface area contributed by atoms with Gasteiger partial charge >= 0.3 is 0 Å². The van der Waals surface area contributed by atoms with Crippen LogP contribution in [0.4, 0.5) is 5.82 Å². The second-order valence-corrected chi connectivity index (χ2v) is 6.33. The molecule has 0 saturated carbocycles. The van der Waals surface area contributed by atoms with Crippen LogP contribution in [0, 0.1) is 5.92 Å². The fourth-order valence-corrected chi connectivity index (χ4v) is 3.30. The summed E-state index contributed by atoms with van der Waals surface area (Å²) in [5.41, 5.74) is 6.22. The van der Waals surface area contributed by atoms with Crippen molar-refractivity contribution in [1.82, 2.24) is 14.1 Å². The Morgan fingerprint density at radius 2 is 2.25 bits per heavy atom. The summed E-state index contributed by atoms with van der Waals surface area (Å²) in [6.07, 6.45) is 1.62. The number of methoxy groups -OCH3 is 1. The van der Waals surface area contributed by atoms with Gasteiger partial charge in [0.05, 0.1) is 0 Å². The second-order valence-electron chi connectivity index (χ2n) is 4.64. The fourth-order valence-electron chi connectivity index (χ4n) is 1.92. The van der Waals surface area contributed by atoms with E-state index < -0.39 is 10.0 Å². The van der Waals surface area contributed by atoms with Crippen LogP contribution in [0.15, 0.2) is 29.4 Å². The summed E-state index contributed by atoms with van der Waals surface area (Å²) >= 11 is 0. The van der Waals surface area contributed by atoms with Gasteiger partial charge in [-0.1, -0.05) is 13.0 Å². The first-order valence-corrected chi connectivity index (χ1v) is 7.65. The SMILES string of the molecule is COCC(C)CNS(=O)(=O)c1c(N)nc2ccccn12. The third-order valence-electron chi connectivity index (χ3n) is 2.84. The van der Waals surface area contributed by atoms with Crippen molar-refractivity contribution in [3.63, 3.8) is 0 Å². The number of aromatic nitrogens is 2. The molecule has 0 bridgehead atoms. The molecule has 8 heteroatoms. The molecule has 0 aliphatic heterocycles. The number of sulfonamides is 1. The zero-order valence-electron chi connectivity index (χ0n) is 11.4. The van der Waals surface area contributed by atoms with Gasteiger partial charge in [-0.15, -0.1) is 0 Å². The lowest BCUT2D eigenvalue weighted by atomic mass is 10.2. The molecule has 0 saturated heterocycles. The maximum absolute atomic E-state index is 12.3. The van der Waals surface area contributed by atoms with Crippen LogP contribution >= 0.6 is 0 Å². The number of imidazole rings is 1. The van der Waals surface area contributed by atoms with Gasteiger partial charge in [-0.3, -0.25) is 4.40 Å². The van der Waals surface area contributed by atoms with Crippen molar-refractivity contribution in [2.75, 3.05) is 26.0 Å². The molecule has 0 aromatic carbocycles. The number of hydrogen-bond acceptors (Lipinski definition) is 5. The van der Waals surface area contributed by atoms with Crippen LogP contribution in [-0.4, -0.2) is 38.1 Å². The molecule has 0 aliphatic carbocycles. The van der Waals surface area contributed by atoms with E-state index in [0.717, 1.165) is 0 Å². The van der Waals surface area contributed by atoms with E-state index in [1.54, 1.807) is 31.5 Å². The molecule has 2 aromatic rings. The highest BCUT2D eigenvalue weighted by Gasteiger charge is 2.23. The Labute approximate surface area is 117 Å². The Kier molecular flexibility index (Phi) is 4.26. The summed E-state index contributed by atoms with van der Waals surface area (Å²) in [4.78, 5) is 4.04. The van der Waals surface area contributed by atoms with Crippen LogP contribution in [0.1, 0.15) is 6.92 Å². The monoisotopic (exact) mass is 298 g/mol. The number of rotatable bonds is 6. The molecule has 7 nitrogen and oxygen atoms in total. The number of hydrogen-bond donors (Lipinski definition) is 2. The molecule has 3 N–H and O–H groups in total. The Morgan fingerprint density at radius 3 is 2.95 bits per heavy atom. The van der Waals surface area contributed by atoms with Gasteiger partial charge in [0, 0.05) is 26.5 Å². The van der Waals surface area contributed by atoms with E-state index in [4.69, 9.17) is 10.5 Å². The van der Waals surface area contributed by atoms with E-state index in [1.807, 2.05) is 6.92 Å². The molecule has 1 unspecified atom stereocenters. The molecule has 110 valence electrons. The number of pyridine rings is 1. The number of nitrogen functional groups attached to an aromatic ring is 1. The Balaban J connectivity index is 2.30. The molecule has 0 aliphatic rings. The Bertz CT molecular complexity index is 696. The van der Waals surface area contributed by atoms with Crippen molar-refractivity contribution >= 4 is 21.5 Å². The van der Waals surface area contributed by atoms with Crippen LogP contribution in [0.25, 0.3) is 5.65 Å². The molecular formula is C12H18N4O3S. The molecule has 2 rings (SSSR count). The highest BCUT2D eigenvalue weighted by molar-refractivity contribution is 7.89.